The molecule has 1 aromatic rings. The van der Waals surface area contributed by atoms with E-state index in [1.54, 1.807) is 29.2 Å². The van der Waals surface area contributed by atoms with Crippen molar-refractivity contribution >= 4 is 29.5 Å². The zero-order chi connectivity index (χ0) is 19.8. The minimum absolute atomic E-state index is 0.123. The third-order valence-corrected chi connectivity index (χ3v) is 4.30. The van der Waals surface area contributed by atoms with Gasteiger partial charge in [-0.05, 0) is 18.1 Å². The standard InChI is InChI=1S/C18H25ClN4O4/c1-13(2)12-27-18(26)23-9-7-22(8-10-23)11-16(24)20-21-17(25)14-5-3-4-6-15(14)19/h3-6,13H,7-12H2,1-2H3,(H,20,24)(H,21,25). The monoisotopic (exact) mass is 396 g/mol. The van der Waals surface area contributed by atoms with Crippen LogP contribution in [-0.2, 0) is 9.53 Å². The highest BCUT2D eigenvalue weighted by Crippen LogP contribution is 2.14. The van der Waals surface area contributed by atoms with Gasteiger partial charge < -0.3 is 9.64 Å². The molecule has 3 amide bonds. The lowest BCUT2D eigenvalue weighted by Crippen LogP contribution is -2.53. The summed E-state index contributed by atoms with van der Waals surface area (Å²) in [5, 5.41) is 0.310. The SMILES string of the molecule is CC(C)COC(=O)N1CCN(CC(=O)NNC(=O)c2ccccc2Cl)CC1. The Hall–Kier alpha value is -2.32. The van der Waals surface area contributed by atoms with Gasteiger partial charge in [0.05, 0.1) is 23.7 Å². The molecule has 8 nitrogen and oxygen atoms in total. The highest BCUT2D eigenvalue weighted by atomic mass is 35.5. The number of halogens is 1. The molecule has 148 valence electrons. The predicted molar refractivity (Wildman–Crippen MR) is 101 cm³/mol. The molecule has 1 saturated heterocycles. The van der Waals surface area contributed by atoms with Crippen LogP contribution in [0.1, 0.15) is 24.2 Å². The van der Waals surface area contributed by atoms with E-state index in [-0.39, 0.29) is 24.1 Å². The number of rotatable bonds is 5. The molecule has 1 aliphatic heterocycles. The largest absolute Gasteiger partial charge is 0.449 e. The van der Waals surface area contributed by atoms with Crippen molar-refractivity contribution in [2.45, 2.75) is 13.8 Å². The molecular formula is C18H25ClN4O4. The van der Waals surface area contributed by atoms with Gasteiger partial charge >= 0.3 is 6.09 Å². The van der Waals surface area contributed by atoms with Crippen molar-refractivity contribution < 1.29 is 19.1 Å². The number of nitrogens with zero attached hydrogens (tertiary/aromatic N) is 2. The van der Waals surface area contributed by atoms with Crippen LogP contribution in [0.4, 0.5) is 4.79 Å². The molecule has 0 atom stereocenters. The first-order valence-corrected chi connectivity index (χ1v) is 9.22. The normalized spacial score (nSPS) is 14.7. The molecular weight excluding hydrogens is 372 g/mol. The number of carbonyl (C=O) groups is 3. The summed E-state index contributed by atoms with van der Waals surface area (Å²) in [7, 11) is 0. The van der Waals surface area contributed by atoms with Crippen molar-refractivity contribution in [3.05, 3.63) is 34.9 Å². The summed E-state index contributed by atoms with van der Waals surface area (Å²) in [4.78, 5) is 39.5. The maximum Gasteiger partial charge on any atom is 0.409 e. The molecule has 0 bridgehead atoms. The fourth-order valence-electron chi connectivity index (χ4n) is 2.50. The molecule has 0 spiro atoms. The van der Waals surface area contributed by atoms with E-state index < -0.39 is 5.91 Å². The molecule has 1 aromatic carbocycles. The quantitative estimate of drug-likeness (QED) is 0.736. The summed E-state index contributed by atoms with van der Waals surface area (Å²) in [5.41, 5.74) is 5.01. The maximum atomic E-state index is 12.0. The smallest absolute Gasteiger partial charge is 0.409 e. The number of benzene rings is 1. The third-order valence-electron chi connectivity index (χ3n) is 3.97. The average molecular weight is 397 g/mol. The van der Waals surface area contributed by atoms with Gasteiger partial charge in [-0.1, -0.05) is 37.6 Å². The highest BCUT2D eigenvalue weighted by molar-refractivity contribution is 6.33. The van der Waals surface area contributed by atoms with E-state index in [0.29, 0.717) is 43.7 Å². The van der Waals surface area contributed by atoms with Crippen molar-refractivity contribution in [2.75, 3.05) is 39.3 Å². The van der Waals surface area contributed by atoms with Gasteiger partial charge in [0.2, 0.25) is 0 Å². The summed E-state index contributed by atoms with van der Waals surface area (Å²) >= 11 is 5.94. The minimum Gasteiger partial charge on any atom is -0.449 e. The van der Waals surface area contributed by atoms with Crippen LogP contribution in [0.25, 0.3) is 0 Å². The second-order valence-electron chi connectivity index (χ2n) is 6.72. The second-order valence-corrected chi connectivity index (χ2v) is 7.12. The van der Waals surface area contributed by atoms with Gasteiger partial charge in [0.1, 0.15) is 0 Å². The lowest BCUT2D eigenvalue weighted by atomic mass is 10.2. The van der Waals surface area contributed by atoms with Crippen LogP contribution in [0, 0.1) is 5.92 Å². The van der Waals surface area contributed by atoms with Gasteiger partial charge in [-0.15, -0.1) is 0 Å². The fraction of sp³-hybridized carbons (Fsp3) is 0.500. The Labute approximate surface area is 163 Å². The molecule has 2 rings (SSSR count). The fourth-order valence-corrected chi connectivity index (χ4v) is 2.72. The Morgan fingerprint density at radius 2 is 1.78 bits per heavy atom. The van der Waals surface area contributed by atoms with Gasteiger partial charge in [-0.3, -0.25) is 25.3 Å². The zero-order valence-corrected chi connectivity index (χ0v) is 16.3. The van der Waals surface area contributed by atoms with Crippen molar-refractivity contribution in [1.82, 2.24) is 20.7 Å². The molecule has 9 heteroatoms. The lowest BCUT2D eigenvalue weighted by Gasteiger charge is -2.33. The first-order chi connectivity index (χ1) is 12.9. The molecule has 0 saturated carbocycles. The van der Waals surface area contributed by atoms with Crippen molar-refractivity contribution in [1.29, 1.82) is 0 Å². The summed E-state index contributed by atoms with van der Waals surface area (Å²) in [6.45, 7) is 6.59. The highest BCUT2D eigenvalue weighted by Gasteiger charge is 2.23. The molecule has 1 aliphatic rings. The van der Waals surface area contributed by atoms with Crippen LogP contribution < -0.4 is 10.9 Å². The van der Waals surface area contributed by atoms with E-state index >= 15 is 0 Å². The Morgan fingerprint density at radius 1 is 1.11 bits per heavy atom. The molecule has 2 N–H and O–H groups in total. The summed E-state index contributed by atoms with van der Waals surface area (Å²) in [5.74, 6) is -0.530. The van der Waals surface area contributed by atoms with Crippen molar-refractivity contribution in [2.24, 2.45) is 5.92 Å². The first kappa shape index (κ1) is 21.0. The zero-order valence-electron chi connectivity index (χ0n) is 15.5. The van der Waals surface area contributed by atoms with E-state index in [1.165, 1.54) is 0 Å². The van der Waals surface area contributed by atoms with E-state index in [2.05, 4.69) is 10.9 Å². The molecule has 1 fully saturated rings. The van der Waals surface area contributed by atoms with Gasteiger partial charge in [0.25, 0.3) is 11.8 Å². The average Bonchev–Trinajstić information content (AvgIpc) is 2.65. The summed E-state index contributed by atoms with van der Waals surface area (Å²) < 4.78 is 5.21. The van der Waals surface area contributed by atoms with Gasteiger partial charge in [-0.25, -0.2) is 4.79 Å². The maximum absolute atomic E-state index is 12.0. The van der Waals surface area contributed by atoms with Gasteiger partial charge in [0.15, 0.2) is 0 Å². The molecule has 0 aromatic heterocycles. The number of carbonyl (C=O) groups excluding carboxylic acids is 3. The molecule has 0 radical (unpaired) electrons. The van der Waals surface area contributed by atoms with Crippen LogP contribution in [0.2, 0.25) is 5.02 Å². The van der Waals surface area contributed by atoms with Crippen LogP contribution >= 0.6 is 11.6 Å². The third kappa shape index (κ3) is 6.73. The first-order valence-electron chi connectivity index (χ1n) is 8.84. The Bertz CT molecular complexity index is 675. The number of nitrogens with one attached hydrogen (secondary N) is 2. The van der Waals surface area contributed by atoms with E-state index in [4.69, 9.17) is 16.3 Å². The topological polar surface area (TPSA) is 91.0 Å². The number of ether oxygens (including phenoxy) is 1. The van der Waals surface area contributed by atoms with Gasteiger partial charge in [0, 0.05) is 26.2 Å². The number of piperazine rings is 1. The molecule has 0 unspecified atom stereocenters. The summed E-state index contributed by atoms with van der Waals surface area (Å²) in [6.07, 6.45) is -0.320. The number of amides is 3. The second kappa shape index (κ2) is 10.1. The molecule has 1 heterocycles. The Balaban J connectivity index is 1.69. The van der Waals surface area contributed by atoms with Crippen LogP contribution in [-0.4, -0.2) is 67.0 Å². The Kier molecular flexibility index (Phi) is 7.87. The number of hydrogen-bond acceptors (Lipinski definition) is 5. The number of hydrazine groups is 1. The van der Waals surface area contributed by atoms with E-state index in [0.717, 1.165) is 0 Å². The number of hydrogen-bond donors (Lipinski definition) is 2. The van der Waals surface area contributed by atoms with Crippen molar-refractivity contribution in [3.8, 4) is 0 Å². The predicted octanol–water partition coefficient (Wildman–Crippen LogP) is 1.51. The van der Waals surface area contributed by atoms with Gasteiger partial charge in [-0.2, -0.15) is 0 Å². The van der Waals surface area contributed by atoms with Crippen LogP contribution in [0.3, 0.4) is 0 Å². The minimum atomic E-state index is -0.480. The van der Waals surface area contributed by atoms with Crippen LogP contribution in [0.15, 0.2) is 24.3 Å². The van der Waals surface area contributed by atoms with E-state index in [1.807, 2.05) is 18.7 Å². The molecule has 0 aliphatic carbocycles. The van der Waals surface area contributed by atoms with Crippen LogP contribution in [0.5, 0.6) is 0 Å². The Morgan fingerprint density at radius 3 is 2.41 bits per heavy atom. The lowest BCUT2D eigenvalue weighted by molar-refractivity contribution is -0.123. The van der Waals surface area contributed by atoms with E-state index in [9.17, 15) is 14.4 Å². The molecule has 27 heavy (non-hydrogen) atoms. The van der Waals surface area contributed by atoms with Crippen molar-refractivity contribution in [3.63, 3.8) is 0 Å². The summed E-state index contributed by atoms with van der Waals surface area (Å²) in [6, 6.07) is 6.58.